The number of halogens is 5. The largest absolute Gasteiger partial charge is 0.694 e. The molecule has 0 spiro atoms. The number of nitrogens with one attached hydrogen (secondary N) is 2. The maximum Gasteiger partial charge on any atom is 0.694 e. The summed E-state index contributed by atoms with van der Waals surface area (Å²) in [5, 5.41) is 5.75. The summed E-state index contributed by atoms with van der Waals surface area (Å²) >= 11 is 0. The average Bonchev–Trinajstić information content (AvgIpc) is 2.91. The van der Waals surface area contributed by atoms with Gasteiger partial charge in [0.25, 0.3) is 0 Å². The second-order valence-electron chi connectivity index (χ2n) is 10.1. The zero-order valence-corrected chi connectivity index (χ0v) is 22.8. The molecule has 5 nitrogen and oxygen atoms in total. The number of unbranched alkanes of at least 4 members (excludes halogenated alkanes) is 1. The summed E-state index contributed by atoms with van der Waals surface area (Å²) in [7, 11) is -2.70. The highest BCUT2D eigenvalue weighted by molar-refractivity contribution is 7.32. The Labute approximate surface area is 227 Å². The third kappa shape index (κ3) is 8.93. The lowest BCUT2D eigenvalue weighted by atomic mass is 9.67. The molecule has 3 rings (SSSR count). The van der Waals surface area contributed by atoms with Gasteiger partial charge in [-0.1, -0.05) is 62.1 Å². The molecule has 3 N–H and O–H groups in total. The van der Waals surface area contributed by atoms with Crippen LogP contribution in [0.5, 0.6) is 0 Å². The molecule has 1 fully saturated rings. The molecule has 0 saturated heterocycles. The highest BCUT2D eigenvalue weighted by atomic mass is 31.1. The van der Waals surface area contributed by atoms with Gasteiger partial charge in [-0.2, -0.15) is 22.0 Å². The van der Waals surface area contributed by atoms with Crippen molar-refractivity contribution in [3.05, 3.63) is 65.2 Å². The highest BCUT2D eigenvalue weighted by Crippen LogP contribution is 2.47. The molecule has 0 aromatic heterocycles. The fourth-order valence-corrected chi connectivity index (χ4v) is 5.64. The number of hydrogen-bond donors (Lipinski definition) is 3. The molecule has 0 radical (unpaired) electrons. The molecular weight excluding hydrogens is 538 g/mol. The van der Waals surface area contributed by atoms with Gasteiger partial charge < -0.3 is 10.6 Å². The summed E-state index contributed by atoms with van der Waals surface area (Å²) in [5.41, 5.74) is 0.380. The number of anilines is 1. The van der Waals surface area contributed by atoms with Crippen molar-refractivity contribution in [2.75, 3.05) is 25.0 Å². The van der Waals surface area contributed by atoms with E-state index in [-0.39, 0.29) is 36.4 Å². The molecule has 1 atom stereocenters. The normalized spacial score (nSPS) is 16.2. The minimum absolute atomic E-state index is 0.0193. The lowest BCUT2D eigenvalue weighted by Crippen LogP contribution is -2.34. The summed E-state index contributed by atoms with van der Waals surface area (Å²) in [6, 6.07) is 14.1. The quantitative estimate of drug-likeness (QED) is 0.114. The van der Waals surface area contributed by atoms with Gasteiger partial charge in [0.1, 0.15) is 6.61 Å². The van der Waals surface area contributed by atoms with Gasteiger partial charge in [0.05, 0.1) is 5.56 Å². The fraction of sp³-hybridized carbons (Fsp3) is 0.571. The molecule has 39 heavy (non-hydrogen) atoms. The van der Waals surface area contributed by atoms with Crippen LogP contribution in [0, 0.1) is 0 Å². The number of rotatable bonds is 15. The van der Waals surface area contributed by atoms with Crippen molar-refractivity contribution in [3.63, 3.8) is 0 Å². The molecule has 1 aliphatic rings. The monoisotopic (exact) mass is 575 g/mol. The first kappa shape index (κ1) is 31.4. The Morgan fingerprint density at radius 2 is 1.64 bits per heavy atom. The fourth-order valence-electron chi connectivity index (χ4n) is 5.36. The van der Waals surface area contributed by atoms with Gasteiger partial charge in [0, 0.05) is 23.3 Å². The van der Waals surface area contributed by atoms with E-state index in [4.69, 9.17) is 4.89 Å². The molecule has 2 aromatic carbocycles. The van der Waals surface area contributed by atoms with Crippen LogP contribution in [0.25, 0.3) is 0 Å². The number of benzene rings is 2. The van der Waals surface area contributed by atoms with Crippen molar-refractivity contribution in [2.45, 2.75) is 81.8 Å². The van der Waals surface area contributed by atoms with Crippen molar-refractivity contribution in [3.8, 4) is 0 Å². The Balaban J connectivity index is 1.60. The second kappa shape index (κ2) is 14.5. The molecule has 0 bridgehead atoms. The maximum atomic E-state index is 14.5. The third-order valence-electron chi connectivity index (χ3n) is 7.40. The minimum atomic E-state index is -5.73. The topological polar surface area (TPSA) is 70.6 Å². The second-order valence-corrected chi connectivity index (χ2v) is 10.9. The SMILES string of the molecule is O=[P+](O)OCCCNCc1ccc(NCCCCC2(c3ccccc3)CCCCC2)c(C(F)(F)C(F)(F)F)c1. The summed E-state index contributed by atoms with van der Waals surface area (Å²) in [6.07, 6.45) is 2.86. The minimum Gasteiger partial charge on any atom is -0.385 e. The van der Waals surface area contributed by atoms with Gasteiger partial charge >= 0.3 is 20.4 Å². The van der Waals surface area contributed by atoms with Crippen molar-refractivity contribution in [1.29, 1.82) is 0 Å². The zero-order chi connectivity index (χ0) is 28.4. The van der Waals surface area contributed by atoms with Crippen molar-refractivity contribution in [1.82, 2.24) is 5.32 Å². The standard InChI is InChI=1S/C28H36F5N2O3P/c29-27(30,28(31,32)33)24-20-22(21-34-17-9-19-38-39(36)37)12-13-25(24)35-18-8-7-16-26(14-5-2-6-15-26)23-10-3-1-4-11-23/h1,3-4,10-13,20,34-35H,2,5-9,14-19,21H2/p+1. The van der Waals surface area contributed by atoms with Crippen LogP contribution in [0.4, 0.5) is 27.6 Å². The molecule has 11 heteroatoms. The lowest BCUT2D eigenvalue weighted by molar-refractivity contribution is -0.289. The molecule has 216 valence electrons. The molecule has 0 aliphatic heterocycles. The predicted octanol–water partition coefficient (Wildman–Crippen LogP) is 7.97. The molecule has 1 saturated carbocycles. The van der Waals surface area contributed by atoms with Crippen LogP contribution in [0.2, 0.25) is 0 Å². The smallest absolute Gasteiger partial charge is 0.385 e. The summed E-state index contributed by atoms with van der Waals surface area (Å²) in [6.45, 7) is 0.703. The van der Waals surface area contributed by atoms with Crippen molar-refractivity contribution < 1.29 is 35.9 Å². The molecule has 0 amide bonds. The molecular formula is C28H37F5N2O3P+. The molecule has 2 aromatic rings. The van der Waals surface area contributed by atoms with E-state index < -0.39 is 25.9 Å². The Kier molecular flexibility index (Phi) is 11.7. The first-order valence-electron chi connectivity index (χ1n) is 13.4. The van der Waals surface area contributed by atoms with E-state index in [1.54, 1.807) is 0 Å². The summed E-state index contributed by atoms with van der Waals surface area (Å²) < 4.78 is 83.8. The Hall–Kier alpha value is -2.13. The van der Waals surface area contributed by atoms with Crippen molar-refractivity contribution in [2.24, 2.45) is 0 Å². The van der Waals surface area contributed by atoms with Crippen molar-refractivity contribution >= 4 is 13.9 Å². The van der Waals surface area contributed by atoms with Crippen LogP contribution < -0.4 is 10.6 Å². The van der Waals surface area contributed by atoms with E-state index in [1.807, 2.05) is 18.2 Å². The maximum absolute atomic E-state index is 14.5. The Morgan fingerprint density at radius 3 is 2.31 bits per heavy atom. The summed E-state index contributed by atoms with van der Waals surface area (Å²) in [4.78, 5) is 8.59. The van der Waals surface area contributed by atoms with E-state index in [2.05, 4.69) is 27.3 Å². The molecule has 1 unspecified atom stereocenters. The van der Waals surface area contributed by atoms with E-state index >= 15 is 0 Å². The molecule has 0 heterocycles. The first-order valence-corrected chi connectivity index (χ1v) is 14.6. The average molecular weight is 576 g/mol. The van der Waals surface area contributed by atoms with E-state index in [1.165, 1.54) is 37.0 Å². The van der Waals surface area contributed by atoms with E-state index in [0.717, 1.165) is 31.7 Å². The van der Waals surface area contributed by atoms with Gasteiger partial charge in [0.2, 0.25) is 0 Å². The van der Waals surface area contributed by atoms with Crippen LogP contribution in [0.15, 0.2) is 48.5 Å². The molecule has 1 aliphatic carbocycles. The first-order chi connectivity index (χ1) is 18.6. The van der Waals surface area contributed by atoms with Gasteiger partial charge in [-0.05, 0) is 67.3 Å². The zero-order valence-electron chi connectivity index (χ0n) is 21.9. The Morgan fingerprint density at radius 1 is 0.923 bits per heavy atom. The van der Waals surface area contributed by atoms with Crippen LogP contribution in [0.3, 0.4) is 0 Å². The van der Waals surface area contributed by atoms with Gasteiger partial charge in [-0.25, -0.2) is 0 Å². The lowest BCUT2D eigenvalue weighted by Gasteiger charge is -2.38. The number of hydrogen-bond acceptors (Lipinski definition) is 4. The van der Waals surface area contributed by atoms with Gasteiger partial charge in [0.15, 0.2) is 0 Å². The Bertz CT molecular complexity index is 1050. The van der Waals surface area contributed by atoms with Crippen LogP contribution in [0.1, 0.15) is 74.5 Å². The van der Waals surface area contributed by atoms with E-state index in [0.29, 0.717) is 19.4 Å². The van der Waals surface area contributed by atoms with Crippen LogP contribution in [-0.4, -0.2) is 30.8 Å². The van der Waals surface area contributed by atoms with Gasteiger partial charge in [-0.15, -0.1) is 9.42 Å². The van der Waals surface area contributed by atoms with Crippen LogP contribution >= 0.6 is 8.25 Å². The predicted molar refractivity (Wildman–Crippen MR) is 142 cm³/mol. The summed E-state index contributed by atoms with van der Waals surface area (Å²) in [5.74, 6) is -5.01. The van der Waals surface area contributed by atoms with Crippen LogP contribution in [-0.2, 0) is 27.0 Å². The van der Waals surface area contributed by atoms with E-state index in [9.17, 15) is 26.5 Å². The highest BCUT2D eigenvalue weighted by Gasteiger charge is 2.59. The van der Waals surface area contributed by atoms with Gasteiger partial charge in [-0.3, -0.25) is 0 Å². The number of alkyl halides is 5. The third-order valence-corrected chi connectivity index (χ3v) is 7.80.